The number of hydrogen-bond acceptors (Lipinski definition) is 4. The van der Waals surface area contributed by atoms with Crippen LogP contribution in [0.1, 0.15) is 41.1 Å². The third kappa shape index (κ3) is 3.31. The number of nitriles is 1. The van der Waals surface area contributed by atoms with Crippen LogP contribution in [0.25, 0.3) is 0 Å². The van der Waals surface area contributed by atoms with Crippen LogP contribution < -0.4 is 10.4 Å². The standard InChI is InChI=1S/C18H19ClN4/c1-12-18(8-13(9-20)10-22-12)23(21-2)11-16-15(14-6-7-14)4-3-5-17(16)19/h3-5,8,10,14,21H,6-7,11H2,1-2H3. The van der Waals surface area contributed by atoms with Crippen LogP contribution in [-0.4, -0.2) is 12.0 Å². The molecule has 0 atom stereocenters. The molecule has 0 aliphatic heterocycles. The molecule has 1 fully saturated rings. The molecule has 0 amide bonds. The van der Waals surface area contributed by atoms with Gasteiger partial charge in [0.1, 0.15) is 6.07 Å². The first-order valence-electron chi connectivity index (χ1n) is 7.73. The number of rotatable bonds is 5. The maximum Gasteiger partial charge on any atom is 0.101 e. The highest BCUT2D eigenvalue weighted by Crippen LogP contribution is 2.43. The topological polar surface area (TPSA) is 52.0 Å². The fourth-order valence-corrected chi connectivity index (χ4v) is 3.06. The van der Waals surface area contributed by atoms with Gasteiger partial charge in [-0.05, 0) is 48.9 Å². The maximum absolute atomic E-state index is 9.12. The minimum atomic E-state index is 0.549. The van der Waals surface area contributed by atoms with Gasteiger partial charge in [0.2, 0.25) is 0 Å². The van der Waals surface area contributed by atoms with Gasteiger partial charge < -0.3 is 5.01 Å². The average Bonchev–Trinajstić information content (AvgIpc) is 3.39. The van der Waals surface area contributed by atoms with Gasteiger partial charge in [0, 0.05) is 18.3 Å². The SMILES string of the molecule is CNN(Cc1c(Cl)cccc1C1CC1)c1cc(C#N)cnc1C. The van der Waals surface area contributed by atoms with Crippen molar-refractivity contribution < 1.29 is 0 Å². The summed E-state index contributed by atoms with van der Waals surface area (Å²) in [6, 6.07) is 10.1. The molecule has 0 unspecified atom stereocenters. The molecule has 1 aromatic carbocycles. The van der Waals surface area contributed by atoms with Crippen molar-refractivity contribution in [3.05, 3.63) is 57.9 Å². The molecular formula is C18H19ClN4. The molecule has 2 aromatic rings. The Hall–Kier alpha value is -2.09. The summed E-state index contributed by atoms with van der Waals surface area (Å²) in [4.78, 5) is 4.32. The number of anilines is 1. The number of halogens is 1. The number of benzene rings is 1. The van der Waals surface area contributed by atoms with Crippen LogP contribution in [0.5, 0.6) is 0 Å². The Morgan fingerprint density at radius 2 is 2.22 bits per heavy atom. The smallest absolute Gasteiger partial charge is 0.101 e. The highest BCUT2D eigenvalue weighted by molar-refractivity contribution is 6.31. The van der Waals surface area contributed by atoms with Gasteiger partial charge in [-0.2, -0.15) is 5.26 Å². The zero-order valence-corrected chi connectivity index (χ0v) is 14.1. The van der Waals surface area contributed by atoms with E-state index in [0.717, 1.165) is 22.0 Å². The van der Waals surface area contributed by atoms with Crippen molar-refractivity contribution in [3.63, 3.8) is 0 Å². The Bertz CT molecular complexity index is 762. The molecule has 1 aliphatic rings. The van der Waals surface area contributed by atoms with Crippen molar-refractivity contribution >= 4 is 17.3 Å². The first-order chi connectivity index (χ1) is 11.1. The van der Waals surface area contributed by atoms with Gasteiger partial charge in [0.05, 0.1) is 23.5 Å². The van der Waals surface area contributed by atoms with E-state index in [2.05, 4.69) is 22.5 Å². The molecule has 0 spiro atoms. The number of pyridine rings is 1. The highest BCUT2D eigenvalue weighted by Gasteiger charge is 2.27. The fourth-order valence-electron chi connectivity index (χ4n) is 2.82. The van der Waals surface area contributed by atoms with Crippen LogP contribution in [0.15, 0.2) is 30.5 Å². The zero-order valence-electron chi connectivity index (χ0n) is 13.3. The summed E-state index contributed by atoms with van der Waals surface area (Å²) in [5.74, 6) is 0.632. The van der Waals surface area contributed by atoms with Gasteiger partial charge in [-0.15, -0.1) is 0 Å². The molecule has 118 valence electrons. The molecule has 1 aromatic heterocycles. The Morgan fingerprint density at radius 3 is 2.87 bits per heavy atom. The van der Waals surface area contributed by atoms with Gasteiger partial charge in [-0.25, -0.2) is 5.43 Å². The average molecular weight is 327 g/mol. The Balaban J connectivity index is 1.96. The van der Waals surface area contributed by atoms with E-state index in [9.17, 15) is 0 Å². The van der Waals surface area contributed by atoms with Crippen molar-refractivity contribution in [2.45, 2.75) is 32.2 Å². The van der Waals surface area contributed by atoms with E-state index in [4.69, 9.17) is 16.9 Å². The first-order valence-corrected chi connectivity index (χ1v) is 8.10. The second-order valence-corrected chi connectivity index (χ2v) is 6.24. The lowest BCUT2D eigenvalue weighted by atomic mass is 10.0. The van der Waals surface area contributed by atoms with Gasteiger partial charge in [0.25, 0.3) is 0 Å². The molecule has 1 heterocycles. The van der Waals surface area contributed by atoms with E-state index in [1.54, 1.807) is 6.20 Å². The van der Waals surface area contributed by atoms with Gasteiger partial charge in [0.15, 0.2) is 0 Å². The molecule has 0 radical (unpaired) electrons. The number of nitrogens with zero attached hydrogens (tertiary/aromatic N) is 3. The predicted molar refractivity (Wildman–Crippen MR) is 92.4 cm³/mol. The Morgan fingerprint density at radius 1 is 1.43 bits per heavy atom. The minimum absolute atomic E-state index is 0.549. The second kappa shape index (κ2) is 6.57. The van der Waals surface area contributed by atoms with Gasteiger partial charge in [-0.3, -0.25) is 4.98 Å². The van der Waals surface area contributed by atoms with Crippen LogP contribution in [0.2, 0.25) is 5.02 Å². The van der Waals surface area contributed by atoms with Crippen molar-refractivity contribution in [2.75, 3.05) is 12.1 Å². The molecule has 0 saturated heterocycles. The third-order valence-corrected chi connectivity index (χ3v) is 4.59. The molecular weight excluding hydrogens is 308 g/mol. The van der Waals surface area contributed by atoms with E-state index < -0.39 is 0 Å². The highest BCUT2D eigenvalue weighted by atomic mass is 35.5. The molecule has 0 bridgehead atoms. The van der Waals surface area contributed by atoms with Gasteiger partial charge in [-0.1, -0.05) is 23.7 Å². The molecule has 23 heavy (non-hydrogen) atoms. The quantitative estimate of drug-likeness (QED) is 0.846. The molecule has 1 N–H and O–H groups in total. The van der Waals surface area contributed by atoms with E-state index in [-0.39, 0.29) is 0 Å². The van der Waals surface area contributed by atoms with Gasteiger partial charge >= 0.3 is 0 Å². The maximum atomic E-state index is 9.12. The lowest BCUT2D eigenvalue weighted by Crippen LogP contribution is -2.35. The normalized spacial score (nSPS) is 13.7. The van der Waals surface area contributed by atoms with E-state index in [1.165, 1.54) is 18.4 Å². The molecule has 1 aliphatic carbocycles. The van der Waals surface area contributed by atoms with Crippen molar-refractivity contribution in [1.82, 2.24) is 10.4 Å². The van der Waals surface area contributed by atoms with Crippen LogP contribution in [0, 0.1) is 18.3 Å². The summed E-state index contributed by atoms with van der Waals surface area (Å²) in [5, 5.41) is 11.9. The van der Waals surface area contributed by atoms with Crippen LogP contribution in [0.3, 0.4) is 0 Å². The van der Waals surface area contributed by atoms with Crippen molar-refractivity contribution in [2.24, 2.45) is 0 Å². The monoisotopic (exact) mass is 326 g/mol. The van der Waals surface area contributed by atoms with E-state index in [1.807, 2.05) is 37.2 Å². The number of nitrogens with one attached hydrogen (secondary N) is 1. The Labute approximate surface area is 141 Å². The lowest BCUT2D eigenvalue weighted by Gasteiger charge is -2.26. The second-order valence-electron chi connectivity index (χ2n) is 5.83. The van der Waals surface area contributed by atoms with Crippen LogP contribution >= 0.6 is 11.6 Å². The van der Waals surface area contributed by atoms with Crippen molar-refractivity contribution in [1.29, 1.82) is 5.26 Å². The fraction of sp³-hybridized carbons (Fsp3) is 0.333. The van der Waals surface area contributed by atoms with Crippen molar-refractivity contribution in [3.8, 4) is 6.07 Å². The number of aryl methyl sites for hydroxylation is 1. The molecule has 1 saturated carbocycles. The Kier molecular flexibility index (Phi) is 4.51. The summed E-state index contributed by atoms with van der Waals surface area (Å²) in [6.07, 6.45) is 4.06. The number of hydrogen-bond donors (Lipinski definition) is 1. The predicted octanol–water partition coefficient (Wildman–Crippen LogP) is 3.93. The largest absolute Gasteiger partial charge is 0.302 e. The first kappa shape index (κ1) is 15.8. The molecule has 5 heteroatoms. The summed E-state index contributed by atoms with van der Waals surface area (Å²) >= 11 is 6.47. The number of aromatic nitrogens is 1. The zero-order chi connectivity index (χ0) is 16.4. The van der Waals surface area contributed by atoms with E-state index >= 15 is 0 Å². The number of hydrazine groups is 1. The molecule has 3 rings (SSSR count). The summed E-state index contributed by atoms with van der Waals surface area (Å²) in [7, 11) is 1.87. The minimum Gasteiger partial charge on any atom is -0.302 e. The lowest BCUT2D eigenvalue weighted by molar-refractivity contribution is 0.692. The summed E-state index contributed by atoms with van der Waals surface area (Å²) < 4.78 is 0. The van der Waals surface area contributed by atoms with Crippen LogP contribution in [0.4, 0.5) is 5.69 Å². The summed E-state index contributed by atoms with van der Waals surface area (Å²) in [6.45, 7) is 2.58. The third-order valence-electron chi connectivity index (χ3n) is 4.24. The summed E-state index contributed by atoms with van der Waals surface area (Å²) in [5.41, 5.74) is 8.00. The van der Waals surface area contributed by atoms with Crippen LogP contribution in [-0.2, 0) is 6.54 Å². The molecule has 4 nitrogen and oxygen atoms in total. The van der Waals surface area contributed by atoms with E-state index in [0.29, 0.717) is 18.0 Å².